The molecule has 2 aliphatic heterocycles. The van der Waals surface area contributed by atoms with Gasteiger partial charge >= 0.3 is 11.6 Å². The SMILES string of the molecule is NC1=C(C(=O)OCc2ccccc2)[C@]2(C(=O)Nc3ccccc32)c2c(c3ccccc3oc2=O)O1. The minimum absolute atomic E-state index is 0.0605. The molecule has 6 rings (SSSR count). The molecule has 3 heterocycles. The summed E-state index contributed by atoms with van der Waals surface area (Å²) < 4.78 is 17.0. The van der Waals surface area contributed by atoms with E-state index in [0.29, 0.717) is 16.6 Å². The van der Waals surface area contributed by atoms with E-state index in [4.69, 9.17) is 19.6 Å². The number of ether oxygens (including phenoxy) is 2. The number of carbonyl (C=O) groups excluding carboxylic acids is 2. The third-order valence-corrected chi connectivity index (χ3v) is 6.31. The van der Waals surface area contributed by atoms with E-state index < -0.39 is 22.9 Å². The maximum absolute atomic E-state index is 13.7. The number of hydrogen-bond acceptors (Lipinski definition) is 7. The summed E-state index contributed by atoms with van der Waals surface area (Å²) in [6.45, 7) is -0.0605. The van der Waals surface area contributed by atoms with Crippen LogP contribution in [0.5, 0.6) is 5.75 Å². The number of rotatable bonds is 3. The normalized spacial score (nSPS) is 18.1. The van der Waals surface area contributed by atoms with E-state index in [2.05, 4.69) is 5.32 Å². The van der Waals surface area contributed by atoms with Crippen molar-refractivity contribution in [2.24, 2.45) is 5.73 Å². The molecule has 1 amide bonds. The van der Waals surface area contributed by atoms with Gasteiger partial charge < -0.3 is 24.9 Å². The summed E-state index contributed by atoms with van der Waals surface area (Å²) in [6.07, 6.45) is 0. The maximum atomic E-state index is 13.7. The number of esters is 1. The van der Waals surface area contributed by atoms with Gasteiger partial charge in [-0.15, -0.1) is 0 Å². The molecule has 0 saturated heterocycles. The smallest absolute Gasteiger partial charge is 0.345 e. The van der Waals surface area contributed by atoms with Crippen LogP contribution in [-0.2, 0) is 26.3 Å². The molecule has 8 heteroatoms. The first kappa shape index (κ1) is 20.7. The molecule has 0 saturated carbocycles. The van der Waals surface area contributed by atoms with Crippen molar-refractivity contribution < 1.29 is 23.5 Å². The average Bonchev–Trinajstić information content (AvgIpc) is 3.15. The zero-order valence-electron chi connectivity index (χ0n) is 18.2. The molecule has 35 heavy (non-hydrogen) atoms. The van der Waals surface area contributed by atoms with Crippen molar-refractivity contribution in [3.8, 4) is 5.75 Å². The number of nitrogens with two attached hydrogens (primary N) is 1. The second kappa shape index (κ2) is 7.59. The fraction of sp³-hybridized carbons (Fsp3) is 0.0741. The van der Waals surface area contributed by atoms with Gasteiger partial charge in [-0.2, -0.15) is 0 Å². The van der Waals surface area contributed by atoms with Gasteiger partial charge in [-0.05, 0) is 23.8 Å². The van der Waals surface area contributed by atoms with E-state index in [0.717, 1.165) is 5.56 Å². The third kappa shape index (κ3) is 2.90. The predicted octanol–water partition coefficient (Wildman–Crippen LogP) is 3.34. The van der Waals surface area contributed by atoms with Crippen LogP contribution in [0.2, 0.25) is 0 Å². The fourth-order valence-corrected chi connectivity index (χ4v) is 4.82. The molecule has 8 nitrogen and oxygen atoms in total. The van der Waals surface area contributed by atoms with Gasteiger partial charge in [-0.25, -0.2) is 9.59 Å². The Bertz CT molecular complexity index is 1620. The number of amides is 1. The Kier molecular flexibility index (Phi) is 4.50. The van der Waals surface area contributed by atoms with Crippen LogP contribution in [0, 0.1) is 0 Å². The molecule has 1 aromatic heterocycles. The summed E-state index contributed by atoms with van der Waals surface area (Å²) >= 11 is 0. The van der Waals surface area contributed by atoms with E-state index >= 15 is 0 Å². The van der Waals surface area contributed by atoms with Crippen LogP contribution in [0.1, 0.15) is 16.7 Å². The van der Waals surface area contributed by atoms with Crippen molar-refractivity contribution in [3.05, 3.63) is 117 Å². The lowest BCUT2D eigenvalue weighted by molar-refractivity contribution is -0.142. The van der Waals surface area contributed by atoms with Crippen LogP contribution < -0.4 is 21.4 Å². The molecule has 1 atom stereocenters. The Morgan fingerprint density at radius 3 is 2.49 bits per heavy atom. The number of carbonyl (C=O) groups is 2. The van der Waals surface area contributed by atoms with E-state index in [-0.39, 0.29) is 35.0 Å². The van der Waals surface area contributed by atoms with Crippen molar-refractivity contribution >= 4 is 28.5 Å². The van der Waals surface area contributed by atoms with E-state index in [1.807, 2.05) is 18.2 Å². The number of hydrogen-bond donors (Lipinski definition) is 2. The summed E-state index contributed by atoms with van der Waals surface area (Å²) in [5.74, 6) is -1.75. The van der Waals surface area contributed by atoms with Crippen LogP contribution in [0.4, 0.5) is 5.69 Å². The monoisotopic (exact) mass is 466 g/mol. The van der Waals surface area contributed by atoms with E-state index in [1.165, 1.54) is 0 Å². The Morgan fingerprint density at radius 1 is 0.943 bits per heavy atom. The highest BCUT2D eigenvalue weighted by Gasteiger charge is 2.60. The molecular formula is C27H18N2O6. The molecular weight excluding hydrogens is 448 g/mol. The highest BCUT2D eigenvalue weighted by molar-refractivity contribution is 6.18. The quantitative estimate of drug-likeness (QED) is 0.351. The molecule has 3 N–H and O–H groups in total. The first-order chi connectivity index (χ1) is 17.0. The number of nitrogens with one attached hydrogen (secondary N) is 1. The van der Waals surface area contributed by atoms with Gasteiger partial charge in [0.25, 0.3) is 0 Å². The number of anilines is 1. The largest absolute Gasteiger partial charge is 0.457 e. The summed E-state index contributed by atoms with van der Waals surface area (Å²) in [4.78, 5) is 40.7. The maximum Gasteiger partial charge on any atom is 0.345 e. The van der Waals surface area contributed by atoms with Gasteiger partial charge in [0.2, 0.25) is 11.8 Å². The van der Waals surface area contributed by atoms with Crippen LogP contribution in [0.15, 0.2) is 99.5 Å². The zero-order chi connectivity index (χ0) is 24.2. The van der Waals surface area contributed by atoms with Gasteiger partial charge in [0, 0.05) is 11.3 Å². The van der Waals surface area contributed by atoms with Gasteiger partial charge in [-0.1, -0.05) is 60.7 Å². The molecule has 0 bridgehead atoms. The van der Waals surface area contributed by atoms with Crippen LogP contribution in [-0.4, -0.2) is 11.9 Å². The van der Waals surface area contributed by atoms with Crippen molar-refractivity contribution in [2.75, 3.05) is 5.32 Å². The second-order valence-corrected chi connectivity index (χ2v) is 8.24. The molecule has 0 radical (unpaired) electrons. The lowest BCUT2D eigenvalue weighted by atomic mass is 9.68. The van der Waals surface area contributed by atoms with Gasteiger partial charge in [-0.3, -0.25) is 4.79 Å². The van der Waals surface area contributed by atoms with Crippen LogP contribution in [0.25, 0.3) is 11.0 Å². The topological polar surface area (TPSA) is 121 Å². The zero-order valence-corrected chi connectivity index (χ0v) is 18.2. The average molecular weight is 466 g/mol. The first-order valence-electron chi connectivity index (χ1n) is 10.9. The Labute approximate surface area is 198 Å². The minimum atomic E-state index is -1.91. The Hall–Kier alpha value is -4.85. The fourth-order valence-electron chi connectivity index (χ4n) is 4.82. The third-order valence-electron chi connectivity index (χ3n) is 6.31. The molecule has 0 fully saturated rings. The number of benzene rings is 3. The van der Waals surface area contributed by atoms with Crippen LogP contribution >= 0.6 is 0 Å². The number of para-hydroxylation sites is 2. The molecule has 0 unspecified atom stereocenters. The Morgan fingerprint density at radius 2 is 1.66 bits per heavy atom. The lowest BCUT2D eigenvalue weighted by Crippen LogP contribution is -2.48. The summed E-state index contributed by atoms with van der Waals surface area (Å²) in [7, 11) is 0. The van der Waals surface area contributed by atoms with Crippen molar-refractivity contribution in [2.45, 2.75) is 12.0 Å². The second-order valence-electron chi connectivity index (χ2n) is 8.24. The van der Waals surface area contributed by atoms with Crippen molar-refractivity contribution in [3.63, 3.8) is 0 Å². The molecule has 2 aliphatic rings. The van der Waals surface area contributed by atoms with Crippen molar-refractivity contribution in [1.29, 1.82) is 0 Å². The highest BCUT2D eigenvalue weighted by Crippen LogP contribution is 2.53. The summed E-state index contributed by atoms with van der Waals surface area (Å²) in [5, 5.41) is 3.22. The van der Waals surface area contributed by atoms with Gasteiger partial charge in [0.15, 0.2) is 5.75 Å². The van der Waals surface area contributed by atoms with Gasteiger partial charge in [0.05, 0.1) is 5.39 Å². The standard InChI is InChI=1S/C27H18N2O6/c28-23-21(24(30)33-14-15-8-2-1-3-9-15)27(17-11-5-6-12-18(17)29-26(27)32)20-22(35-23)16-10-4-7-13-19(16)34-25(20)31/h1-13H,14,28H2,(H,29,32)/t27-/m1/s1. The van der Waals surface area contributed by atoms with E-state index in [1.54, 1.807) is 60.7 Å². The summed E-state index contributed by atoms with van der Waals surface area (Å²) in [6, 6.07) is 22.6. The first-order valence-corrected chi connectivity index (χ1v) is 10.9. The molecule has 0 aliphatic carbocycles. The van der Waals surface area contributed by atoms with Crippen molar-refractivity contribution in [1.82, 2.24) is 0 Å². The summed E-state index contributed by atoms with van der Waals surface area (Å²) in [5.41, 5.74) is 5.03. The molecule has 4 aromatic rings. The number of fused-ring (bicyclic) bond motifs is 6. The Balaban J connectivity index is 1.61. The van der Waals surface area contributed by atoms with Crippen LogP contribution in [0.3, 0.4) is 0 Å². The lowest BCUT2D eigenvalue weighted by Gasteiger charge is -2.34. The predicted molar refractivity (Wildman–Crippen MR) is 126 cm³/mol. The van der Waals surface area contributed by atoms with E-state index in [9.17, 15) is 14.4 Å². The minimum Gasteiger partial charge on any atom is -0.457 e. The molecule has 3 aromatic carbocycles. The van der Waals surface area contributed by atoms with Gasteiger partial charge in [0.1, 0.15) is 28.7 Å². The highest BCUT2D eigenvalue weighted by atomic mass is 16.5. The molecule has 172 valence electrons. The molecule has 1 spiro atoms.